The summed E-state index contributed by atoms with van der Waals surface area (Å²) in [6.45, 7) is 14.3. The highest BCUT2D eigenvalue weighted by atomic mass is 28.3. The second-order valence-electron chi connectivity index (χ2n) is 15.4. The van der Waals surface area contributed by atoms with Gasteiger partial charge in [-0.25, -0.2) is 15.0 Å². The van der Waals surface area contributed by atoms with Crippen LogP contribution in [0.15, 0.2) is 144 Å². The third-order valence-electron chi connectivity index (χ3n) is 9.72. The molecule has 8 rings (SSSR count). The van der Waals surface area contributed by atoms with Crippen molar-refractivity contribution in [2.45, 2.75) is 39.3 Å². The van der Waals surface area contributed by atoms with E-state index in [9.17, 15) is 0 Å². The third-order valence-corrected chi connectivity index (χ3v) is 13.8. The van der Waals surface area contributed by atoms with Crippen LogP contribution in [0.5, 0.6) is 0 Å². The van der Waals surface area contributed by atoms with Gasteiger partial charge in [-0.15, -0.1) is 0 Å². The zero-order chi connectivity index (χ0) is 35.3. The minimum atomic E-state index is -1.55. The molecule has 0 aliphatic carbocycles. The standard InChI is InChI=1S/C45H41N3OSi2/c1-50(2,3)36-16-8-15-35(29-36)44-46-43(47-45(48-44)40-20-9-12-31-26-27-49-42(31)40)32-24-22-30(23-25-32)33-13-7-14-34(28-33)37-17-10-19-39-38(37)18-11-21-41(39)51(4,5)6/h7-29H,1-6H3. The van der Waals surface area contributed by atoms with Crippen molar-refractivity contribution in [2.75, 3.05) is 0 Å². The van der Waals surface area contributed by atoms with Gasteiger partial charge in [0.25, 0.3) is 0 Å². The molecule has 0 bridgehead atoms. The summed E-state index contributed by atoms with van der Waals surface area (Å²) < 4.78 is 5.92. The van der Waals surface area contributed by atoms with Crippen molar-refractivity contribution in [3.8, 4) is 56.4 Å². The number of nitrogens with zero attached hydrogens (tertiary/aromatic N) is 3. The van der Waals surface area contributed by atoms with Gasteiger partial charge in [0, 0.05) is 16.5 Å². The molecule has 0 spiro atoms. The van der Waals surface area contributed by atoms with Crippen LogP contribution in [-0.4, -0.2) is 31.1 Å². The van der Waals surface area contributed by atoms with E-state index in [4.69, 9.17) is 19.4 Å². The Morgan fingerprint density at radius 1 is 0.431 bits per heavy atom. The highest BCUT2D eigenvalue weighted by molar-refractivity contribution is 6.90. The fraction of sp³-hybridized carbons (Fsp3) is 0.133. The van der Waals surface area contributed by atoms with E-state index in [0.29, 0.717) is 17.5 Å². The molecule has 6 heteroatoms. The average Bonchev–Trinajstić information content (AvgIpc) is 3.63. The van der Waals surface area contributed by atoms with Crippen LogP contribution < -0.4 is 10.4 Å². The van der Waals surface area contributed by atoms with E-state index in [-0.39, 0.29) is 0 Å². The Balaban J connectivity index is 1.20. The Bertz CT molecular complexity index is 2560. The van der Waals surface area contributed by atoms with Gasteiger partial charge in [-0.3, -0.25) is 0 Å². The predicted molar refractivity (Wildman–Crippen MR) is 220 cm³/mol. The molecule has 4 nitrogen and oxygen atoms in total. The van der Waals surface area contributed by atoms with E-state index in [0.717, 1.165) is 33.2 Å². The fourth-order valence-electron chi connectivity index (χ4n) is 6.94. The fourth-order valence-corrected chi connectivity index (χ4v) is 9.75. The van der Waals surface area contributed by atoms with Crippen molar-refractivity contribution in [2.24, 2.45) is 0 Å². The van der Waals surface area contributed by atoms with E-state index in [1.807, 2.05) is 24.3 Å². The lowest BCUT2D eigenvalue weighted by molar-refractivity contribution is 0.616. The minimum absolute atomic E-state index is 0.595. The van der Waals surface area contributed by atoms with Gasteiger partial charge in [0.15, 0.2) is 17.5 Å². The number of benzene rings is 6. The number of rotatable bonds is 7. The molecular formula is C45H41N3OSi2. The molecule has 0 N–H and O–H groups in total. The highest BCUT2D eigenvalue weighted by Gasteiger charge is 2.21. The molecule has 2 heterocycles. The zero-order valence-corrected chi connectivity index (χ0v) is 32.0. The number of hydrogen-bond acceptors (Lipinski definition) is 4. The van der Waals surface area contributed by atoms with E-state index in [1.165, 1.54) is 37.8 Å². The van der Waals surface area contributed by atoms with Gasteiger partial charge in [-0.2, -0.15) is 0 Å². The molecule has 6 aromatic carbocycles. The lowest BCUT2D eigenvalue weighted by Gasteiger charge is -2.20. The van der Waals surface area contributed by atoms with Crippen LogP contribution in [-0.2, 0) is 0 Å². The number of para-hydroxylation sites is 1. The summed E-state index contributed by atoms with van der Waals surface area (Å²) in [5, 5.41) is 6.57. The first-order valence-corrected chi connectivity index (χ1v) is 24.6. The van der Waals surface area contributed by atoms with Crippen LogP contribution in [0.1, 0.15) is 0 Å². The van der Waals surface area contributed by atoms with Gasteiger partial charge >= 0.3 is 0 Å². The lowest BCUT2D eigenvalue weighted by Crippen LogP contribution is -2.37. The first kappa shape index (κ1) is 32.7. The molecule has 0 aliphatic rings. The Kier molecular flexibility index (Phi) is 8.16. The summed E-state index contributed by atoms with van der Waals surface area (Å²) in [5.74, 6) is 1.88. The summed E-state index contributed by atoms with van der Waals surface area (Å²) in [7, 11) is -3.05. The van der Waals surface area contributed by atoms with Crippen LogP contribution in [0, 0.1) is 0 Å². The average molecular weight is 696 g/mol. The minimum Gasteiger partial charge on any atom is -0.464 e. The summed E-state index contributed by atoms with van der Waals surface area (Å²) in [4.78, 5) is 15.1. The van der Waals surface area contributed by atoms with Gasteiger partial charge in [-0.05, 0) is 51.2 Å². The van der Waals surface area contributed by atoms with E-state index >= 15 is 0 Å². The van der Waals surface area contributed by atoms with Crippen molar-refractivity contribution in [3.05, 3.63) is 140 Å². The molecule has 51 heavy (non-hydrogen) atoms. The summed E-state index contributed by atoms with van der Waals surface area (Å²) in [6.07, 6.45) is 1.72. The first-order chi connectivity index (χ1) is 24.5. The Morgan fingerprint density at radius 3 is 1.82 bits per heavy atom. The van der Waals surface area contributed by atoms with Crippen molar-refractivity contribution >= 4 is 48.3 Å². The van der Waals surface area contributed by atoms with Crippen LogP contribution in [0.4, 0.5) is 0 Å². The molecule has 0 saturated carbocycles. The number of aromatic nitrogens is 3. The van der Waals surface area contributed by atoms with Crippen molar-refractivity contribution in [1.29, 1.82) is 0 Å². The number of fused-ring (bicyclic) bond motifs is 2. The molecule has 0 aliphatic heterocycles. The third kappa shape index (κ3) is 6.37. The maximum Gasteiger partial charge on any atom is 0.167 e. The molecule has 2 aromatic heterocycles. The zero-order valence-electron chi connectivity index (χ0n) is 30.0. The monoisotopic (exact) mass is 695 g/mol. The van der Waals surface area contributed by atoms with E-state index in [2.05, 4.69) is 148 Å². The predicted octanol–water partition coefficient (Wildman–Crippen LogP) is 11.2. The molecule has 0 atom stereocenters. The molecule has 0 amide bonds. The molecular weight excluding hydrogens is 655 g/mol. The summed E-state index contributed by atoms with van der Waals surface area (Å²) in [6, 6.07) is 47.7. The Morgan fingerprint density at radius 2 is 1.04 bits per heavy atom. The Labute approximate surface area is 301 Å². The maximum atomic E-state index is 5.92. The first-order valence-electron chi connectivity index (χ1n) is 17.6. The van der Waals surface area contributed by atoms with Gasteiger partial charge in [0.2, 0.25) is 0 Å². The lowest BCUT2D eigenvalue weighted by atomic mass is 9.95. The van der Waals surface area contributed by atoms with Crippen LogP contribution >= 0.6 is 0 Å². The normalized spacial score (nSPS) is 12.1. The molecule has 0 unspecified atom stereocenters. The molecule has 0 fully saturated rings. The van der Waals surface area contributed by atoms with Crippen molar-refractivity contribution < 1.29 is 4.42 Å². The van der Waals surface area contributed by atoms with Crippen molar-refractivity contribution in [3.63, 3.8) is 0 Å². The van der Waals surface area contributed by atoms with Crippen LogP contribution in [0.3, 0.4) is 0 Å². The topological polar surface area (TPSA) is 51.8 Å². The second kappa shape index (κ2) is 12.7. The smallest absolute Gasteiger partial charge is 0.167 e. The number of furan rings is 1. The van der Waals surface area contributed by atoms with Crippen molar-refractivity contribution in [1.82, 2.24) is 15.0 Å². The van der Waals surface area contributed by atoms with Crippen LogP contribution in [0.2, 0.25) is 39.3 Å². The van der Waals surface area contributed by atoms with E-state index in [1.54, 1.807) is 6.26 Å². The van der Waals surface area contributed by atoms with Crippen LogP contribution in [0.25, 0.3) is 78.2 Å². The SMILES string of the molecule is C[Si](C)(C)c1cccc(-c2nc(-c3ccc(-c4cccc(-c5cccc6c([Si](C)(C)C)cccc56)c4)cc3)nc(-c3cccc4ccoc34)n2)c1. The Hall–Kier alpha value is -5.44. The quantitative estimate of drug-likeness (QED) is 0.156. The van der Waals surface area contributed by atoms with Gasteiger partial charge in [-0.1, -0.05) is 165 Å². The van der Waals surface area contributed by atoms with E-state index < -0.39 is 16.1 Å². The van der Waals surface area contributed by atoms with Gasteiger partial charge in [0.1, 0.15) is 5.58 Å². The maximum absolute atomic E-state index is 5.92. The number of hydrogen-bond donors (Lipinski definition) is 0. The summed E-state index contributed by atoms with van der Waals surface area (Å²) in [5.41, 5.74) is 8.34. The molecule has 0 saturated heterocycles. The van der Waals surface area contributed by atoms with Gasteiger partial charge in [0.05, 0.1) is 28.0 Å². The second-order valence-corrected chi connectivity index (χ2v) is 25.5. The van der Waals surface area contributed by atoms with Gasteiger partial charge < -0.3 is 4.42 Å². The highest BCUT2D eigenvalue weighted by Crippen LogP contribution is 2.34. The largest absolute Gasteiger partial charge is 0.464 e. The molecule has 0 radical (unpaired) electrons. The molecule has 250 valence electrons. The molecule has 8 aromatic rings. The summed E-state index contributed by atoms with van der Waals surface area (Å²) >= 11 is 0.